The first-order chi connectivity index (χ1) is 26.5. The number of aromatic nitrogens is 1. The third kappa shape index (κ3) is 7.96. The monoisotopic (exact) mass is 806 g/mol. The van der Waals surface area contributed by atoms with Gasteiger partial charge in [0, 0.05) is 34.8 Å². The second-order valence-electron chi connectivity index (χ2n) is 15.1. The minimum Gasteiger partial charge on any atom is -0.444 e. The van der Waals surface area contributed by atoms with Crippen molar-refractivity contribution in [3.8, 4) is 11.3 Å². The van der Waals surface area contributed by atoms with Crippen molar-refractivity contribution in [2.75, 3.05) is 11.9 Å². The van der Waals surface area contributed by atoms with Gasteiger partial charge in [-0.1, -0.05) is 79.1 Å². The summed E-state index contributed by atoms with van der Waals surface area (Å²) < 4.78 is 33.9. The summed E-state index contributed by atoms with van der Waals surface area (Å²) in [5.74, 6) is -2.17. The highest BCUT2D eigenvalue weighted by atomic mass is 35.5. The van der Waals surface area contributed by atoms with E-state index in [1.54, 1.807) is 6.07 Å². The summed E-state index contributed by atoms with van der Waals surface area (Å²) in [6, 6.07) is 13.4. The number of hydrogen-bond acceptors (Lipinski definition) is 10. The Hall–Kier alpha value is -4.47. The number of rotatable bonds is 7. The number of hydrogen-bond donors (Lipinski definition) is 3. The fourth-order valence-corrected chi connectivity index (χ4v) is 10.2. The normalized spacial score (nSPS) is 26.9. The Morgan fingerprint density at radius 3 is 2.62 bits per heavy atom. The summed E-state index contributed by atoms with van der Waals surface area (Å²) in [7, 11) is -3.89. The van der Waals surface area contributed by atoms with E-state index in [1.165, 1.54) is 21.1 Å². The molecule has 5 aliphatic rings. The van der Waals surface area contributed by atoms with E-state index in [0.717, 1.165) is 48.1 Å². The number of nitrogens with zero attached hydrogens (tertiary/aromatic N) is 3. The Bertz CT molecular complexity index is 2130. The van der Waals surface area contributed by atoms with Crippen LogP contribution in [0.1, 0.15) is 68.9 Å². The minimum absolute atomic E-state index is 0.00837. The molecule has 3 aromatic rings. The third-order valence-electron chi connectivity index (χ3n) is 11.2. The highest BCUT2D eigenvalue weighted by Gasteiger charge is 2.62. The molecule has 2 aliphatic carbocycles. The molecule has 55 heavy (non-hydrogen) atoms. The Kier molecular flexibility index (Phi) is 10.4. The first-order valence-corrected chi connectivity index (χ1v) is 21.7. The van der Waals surface area contributed by atoms with Gasteiger partial charge in [0.15, 0.2) is 5.13 Å². The summed E-state index contributed by atoms with van der Waals surface area (Å²) in [5, 5.41) is 8.66. The lowest BCUT2D eigenvalue weighted by Crippen LogP contribution is -2.57. The van der Waals surface area contributed by atoms with Crippen molar-refractivity contribution in [3.63, 3.8) is 0 Å². The van der Waals surface area contributed by atoms with E-state index in [9.17, 15) is 27.6 Å². The van der Waals surface area contributed by atoms with E-state index in [0.29, 0.717) is 36.0 Å². The summed E-state index contributed by atoms with van der Waals surface area (Å²) in [5.41, 5.74) is 1.99. The molecule has 4 heterocycles. The number of carbonyl (C=O) groups is 4. The Morgan fingerprint density at radius 1 is 1.02 bits per heavy atom. The quantitative estimate of drug-likeness (QED) is 0.266. The number of allylic oxidation sites excluding steroid dienone is 1. The van der Waals surface area contributed by atoms with E-state index in [1.807, 2.05) is 60.0 Å². The molecule has 1 aromatic heterocycles. The van der Waals surface area contributed by atoms with Crippen LogP contribution in [0.4, 0.5) is 9.93 Å². The molecule has 13 nitrogen and oxygen atoms in total. The summed E-state index contributed by atoms with van der Waals surface area (Å²) >= 11 is 7.78. The van der Waals surface area contributed by atoms with Crippen LogP contribution in [-0.2, 0) is 42.2 Å². The standard InChI is InChI=1S/C39H43ClN6O7S2/c40-30-14-9-12-25-20-45(22-29(25)30)38(50)53-27-18-33-34(47)43-39(36(49)44-55(51,52)28-16-17-28)19-26(39)13-7-2-1-3-8-15-31(35(48)46(33)21-27)41-37-42-32(23-54-37)24-10-5-4-6-11-24/h4-7,9-14,23,26-28,31,33H,1-3,8,15-22H2,(H,41,42)(H,43,47)(H,44,49)/t26-,27-,31+,33+,39-/m1/s1. The molecule has 4 amide bonds. The van der Waals surface area contributed by atoms with Crippen LogP contribution in [0.2, 0.25) is 5.02 Å². The van der Waals surface area contributed by atoms with E-state index >= 15 is 0 Å². The first kappa shape index (κ1) is 37.5. The lowest BCUT2D eigenvalue weighted by atomic mass is 10.1. The van der Waals surface area contributed by atoms with Gasteiger partial charge >= 0.3 is 6.09 Å². The summed E-state index contributed by atoms with van der Waals surface area (Å²) in [6.45, 7) is 0.539. The van der Waals surface area contributed by atoms with Gasteiger partial charge in [0.25, 0.3) is 5.91 Å². The van der Waals surface area contributed by atoms with Gasteiger partial charge in [-0.25, -0.2) is 18.2 Å². The number of carbonyl (C=O) groups excluding carboxylic acids is 4. The highest BCUT2D eigenvalue weighted by Crippen LogP contribution is 2.46. The van der Waals surface area contributed by atoms with Crippen molar-refractivity contribution in [2.24, 2.45) is 5.92 Å². The zero-order valence-electron chi connectivity index (χ0n) is 30.1. The fraction of sp³-hybridized carbons (Fsp3) is 0.462. The SMILES string of the molecule is O=C1N[C@]2(C(=O)NS(=O)(=O)C3CC3)C[C@H]2C=CCCCCC[C@H](Nc2nc(-c3ccccc3)cs2)C(=O)N2C[C@H](OC(=O)N3Cc4cccc(Cl)c4C3)C[C@@H]12. The maximum absolute atomic E-state index is 14.7. The number of benzene rings is 2. The Balaban J connectivity index is 1.06. The second kappa shape index (κ2) is 15.2. The molecular formula is C39H43ClN6O7S2. The van der Waals surface area contributed by atoms with Crippen LogP contribution in [0.25, 0.3) is 11.3 Å². The van der Waals surface area contributed by atoms with Crippen molar-refractivity contribution in [2.45, 2.75) is 99.9 Å². The molecule has 5 atom stereocenters. The van der Waals surface area contributed by atoms with Gasteiger partial charge in [-0.2, -0.15) is 0 Å². The molecule has 2 saturated carbocycles. The maximum atomic E-state index is 14.7. The molecule has 0 radical (unpaired) electrons. The van der Waals surface area contributed by atoms with Crippen LogP contribution in [-0.4, -0.2) is 82.5 Å². The molecule has 8 rings (SSSR count). The zero-order chi connectivity index (χ0) is 38.3. The van der Waals surface area contributed by atoms with E-state index in [2.05, 4.69) is 15.4 Å². The molecule has 2 aromatic carbocycles. The molecule has 3 aliphatic heterocycles. The maximum Gasteiger partial charge on any atom is 0.410 e. The van der Waals surface area contributed by atoms with Crippen molar-refractivity contribution < 1.29 is 32.3 Å². The van der Waals surface area contributed by atoms with Gasteiger partial charge in [0.05, 0.1) is 24.0 Å². The number of sulfonamides is 1. The van der Waals surface area contributed by atoms with Gasteiger partial charge in [0.1, 0.15) is 23.7 Å². The Morgan fingerprint density at radius 2 is 1.84 bits per heavy atom. The van der Waals surface area contributed by atoms with Gasteiger partial charge in [-0.3, -0.25) is 24.0 Å². The molecule has 3 N–H and O–H groups in total. The van der Waals surface area contributed by atoms with Crippen molar-refractivity contribution >= 4 is 61.9 Å². The predicted molar refractivity (Wildman–Crippen MR) is 207 cm³/mol. The lowest BCUT2D eigenvalue weighted by molar-refractivity contribution is -0.140. The average molecular weight is 807 g/mol. The number of thiazole rings is 1. The predicted octanol–water partition coefficient (Wildman–Crippen LogP) is 5.37. The number of nitrogens with one attached hydrogen (secondary N) is 3. The minimum atomic E-state index is -3.89. The van der Waals surface area contributed by atoms with Crippen LogP contribution in [0, 0.1) is 5.92 Å². The van der Waals surface area contributed by atoms with Crippen molar-refractivity contribution in [1.29, 1.82) is 0 Å². The van der Waals surface area contributed by atoms with Gasteiger partial charge in [-0.05, 0) is 55.7 Å². The number of halogens is 1. The van der Waals surface area contributed by atoms with E-state index in [4.69, 9.17) is 21.3 Å². The van der Waals surface area contributed by atoms with E-state index in [-0.39, 0.29) is 31.8 Å². The lowest BCUT2D eigenvalue weighted by Gasteiger charge is -2.29. The Labute approximate surface area is 328 Å². The average Bonchev–Trinajstić information content (AvgIpc) is 3.97. The molecule has 0 spiro atoms. The smallest absolute Gasteiger partial charge is 0.410 e. The van der Waals surface area contributed by atoms with Gasteiger partial charge in [0.2, 0.25) is 21.8 Å². The fourth-order valence-electron chi connectivity index (χ4n) is 7.81. The molecule has 16 heteroatoms. The van der Waals surface area contributed by atoms with Crippen LogP contribution in [0.15, 0.2) is 66.1 Å². The van der Waals surface area contributed by atoms with Crippen molar-refractivity contribution in [1.82, 2.24) is 24.8 Å². The van der Waals surface area contributed by atoms with Crippen LogP contribution in [0.5, 0.6) is 0 Å². The van der Waals surface area contributed by atoms with Gasteiger partial charge < -0.3 is 20.3 Å². The summed E-state index contributed by atoms with van der Waals surface area (Å²) in [4.78, 5) is 64.0. The first-order valence-electron chi connectivity index (χ1n) is 18.9. The highest BCUT2D eigenvalue weighted by molar-refractivity contribution is 7.91. The molecule has 3 fully saturated rings. The number of anilines is 1. The zero-order valence-corrected chi connectivity index (χ0v) is 32.5. The topological polar surface area (TPSA) is 167 Å². The van der Waals surface area contributed by atoms with Crippen molar-refractivity contribution in [3.05, 3.63) is 82.2 Å². The largest absolute Gasteiger partial charge is 0.444 e. The third-order valence-corrected chi connectivity index (χ3v) is 14.1. The summed E-state index contributed by atoms with van der Waals surface area (Å²) in [6.07, 6.45) is 7.21. The van der Waals surface area contributed by atoms with Crippen LogP contribution >= 0.6 is 22.9 Å². The van der Waals surface area contributed by atoms with Gasteiger partial charge in [-0.15, -0.1) is 11.3 Å². The molecule has 290 valence electrons. The second-order valence-corrected chi connectivity index (χ2v) is 18.3. The van der Waals surface area contributed by atoms with Crippen LogP contribution in [0.3, 0.4) is 0 Å². The number of ether oxygens (including phenoxy) is 1. The number of fused-ring (bicyclic) bond motifs is 3. The van der Waals surface area contributed by atoms with E-state index < -0.39 is 62.8 Å². The van der Waals surface area contributed by atoms with Crippen LogP contribution < -0.4 is 15.4 Å². The molecule has 0 bridgehead atoms. The molecule has 0 unspecified atom stereocenters. The molecular weight excluding hydrogens is 764 g/mol. The molecule has 1 saturated heterocycles. The number of amides is 4.